The Morgan fingerprint density at radius 1 is 1.11 bits per heavy atom. The summed E-state index contributed by atoms with van der Waals surface area (Å²) in [7, 11) is 1.59. The number of ether oxygens (including phenoxy) is 1. The number of imide groups is 1. The fourth-order valence-electron chi connectivity index (χ4n) is 3.12. The number of hydrogen-bond acceptors (Lipinski definition) is 6. The lowest BCUT2D eigenvalue weighted by Gasteiger charge is -2.21. The summed E-state index contributed by atoms with van der Waals surface area (Å²) < 4.78 is 10.4. The smallest absolute Gasteiger partial charge is 0.325 e. The summed E-state index contributed by atoms with van der Waals surface area (Å²) in [5.74, 6) is 0.891. The maximum Gasteiger partial charge on any atom is 0.325 e. The molecule has 1 saturated heterocycles. The molecule has 8 nitrogen and oxygen atoms in total. The van der Waals surface area contributed by atoms with Crippen molar-refractivity contribution in [2.24, 2.45) is 0 Å². The summed E-state index contributed by atoms with van der Waals surface area (Å²) in [6.07, 6.45) is 0. The summed E-state index contributed by atoms with van der Waals surface area (Å²) in [5.41, 5.74) is 0.319. The van der Waals surface area contributed by atoms with Gasteiger partial charge in [0.25, 0.3) is 5.91 Å². The van der Waals surface area contributed by atoms with Gasteiger partial charge in [-0.05, 0) is 36.8 Å². The Morgan fingerprint density at radius 2 is 1.82 bits per heavy atom. The van der Waals surface area contributed by atoms with Crippen molar-refractivity contribution in [2.75, 3.05) is 7.11 Å². The number of amides is 3. The fourth-order valence-corrected chi connectivity index (χ4v) is 3.12. The number of carbonyl (C=O) groups excluding carboxylic acids is 2. The number of carbonyl (C=O) groups is 2. The first-order valence-corrected chi connectivity index (χ1v) is 8.68. The molecule has 0 bridgehead atoms. The number of aromatic nitrogens is 2. The second-order valence-electron chi connectivity index (χ2n) is 6.55. The van der Waals surface area contributed by atoms with E-state index in [2.05, 4.69) is 15.5 Å². The van der Waals surface area contributed by atoms with Gasteiger partial charge in [-0.2, -0.15) is 4.98 Å². The molecule has 1 atom stereocenters. The molecule has 142 valence electrons. The van der Waals surface area contributed by atoms with Crippen molar-refractivity contribution in [3.8, 4) is 17.1 Å². The van der Waals surface area contributed by atoms with Crippen LogP contribution in [-0.4, -0.2) is 34.1 Å². The predicted molar refractivity (Wildman–Crippen MR) is 99.2 cm³/mol. The van der Waals surface area contributed by atoms with E-state index in [0.29, 0.717) is 17.1 Å². The van der Waals surface area contributed by atoms with E-state index >= 15 is 0 Å². The first-order chi connectivity index (χ1) is 13.5. The zero-order valence-corrected chi connectivity index (χ0v) is 15.4. The van der Waals surface area contributed by atoms with Gasteiger partial charge in [0.05, 0.1) is 7.11 Å². The highest BCUT2D eigenvalue weighted by atomic mass is 16.5. The Hall–Kier alpha value is -3.68. The SMILES string of the molecule is COc1ccc(-c2noc(CN3C(=O)NC(C)(c4ccccc4)C3=O)n2)cc1. The van der Waals surface area contributed by atoms with Gasteiger partial charge in [-0.25, -0.2) is 4.79 Å². The first kappa shape index (κ1) is 17.7. The van der Waals surface area contributed by atoms with Crippen molar-refractivity contribution in [1.29, 1.82) is 0 Å². The third-order valence-corrected chi connectivity index (χ3v) is 4.74. The molecule has 0 aliphatic carbocycles. The molecular formula is C20H18N4O4. The van der Waals surface area contributed by atoms with Crippen LogP contribution in [-0.2, 0) is 16.9 Å². The van der Waals surface area contributed by atoms with Gasteiger partial charge < -0.3 is 14.6 Å². The van der Waals surface area contributed by atoms with E-state index in [4.69, 9.17) is 9.26 Å². The van der Waals surface area contributed by atoms with Gasteiger partial charge >= 0.3 is 6.03 Å². The molecular weight excluding hydrogens is 360 g/mol. The second-order valence-corrected chi connectivity index (χ2v) is 6.55. The Morgan fingerprint density at radius 3 is 2.50 bits per heavy atom. The van der Waals surface area contributed by atoms with Crippen LogP contribution < -0.4 is 10.1 Å². The third-order valence-electron chi connectivity index (χ3n) is 4.74. The van der Waals surface area contributed by atoms with Crippen LogP contribution in [0.4, 0.5) is 4.79 Å². The van der Waals surface area contributed by atoms with Crippen LogP contribution in [0, 0.1) is 0 Å². The molecule has 0 radical (unpaired) electrons. The minimum atomic E-state index is -1.13. The fraction of sp³-hybridized carbons (Fsp3) is 0.200. The van der Waals surface area contributed by atoms with E-state index < -0.39 is 11.6 Å². The van der Waals surface area contributed by atoms with Gasteiger partial charge in [-0.15, -0.1) is 0 Å². The summed E-state index contributed by atoms with van der Waals surface area (Å²) >= 11 is 0. The van der Waals surface area contributed by atoms with Crippen LogP contribution in [0.25, 0.3) is 11.4 Å². The molecule has 0 spiro atoms. The highest BCUT2D eigenvalue weighted by Gasteiger charge is 2.49. The van der Waals surface area contributed by atoms with Crippen LogP contribution in [0.1, 0.15) is 18.4 Å². The maximum atomic E-state index is 12.9. The van der Waals surface area contributed by atoms with Crippen LogP contribution in [0.5, 0.6) is 5.75 Å². The zero-order valence-electron chi connectivity index (χ0n) is 15.4. The Balaban J connectivity index is 1.54. The standard InChI is InChI=1S/C20H18N4O4/c1-20(14-6-4-3-5-7-14)18(25)24(19(26)22-20)12-16-21-17(23-28-16)13-8-10-15(27-2)11-9-13/h3-11H,12H2,1-2H3,(H,22,26). The molecule has 28 heavy (non-hydrogen) atoms. The van der Waals surface area contributed by atoms with Crippen molar-refractivity contribution in [2.45, 2.75) is 19.0 Å². The van der Waals surface area contributed by atoms with E-state index in [1.165, 1.54) is 0 Å². The average Bonchev–Trinajstić information content (AvgIpc) is 3.28. The number of benzene rings is 2. The molecule has 3 amide bonds. The van der Waals surface area contributed by atoms with E-state index in [1.807, 2.05) is 18.2 Å². The highest BCUT2D eigenvalue weighted by molar-refractivity contribution is 6.07. The Kier molecular flexibility index (Phi) is 4.31. The molecule has 1 unspecified atom stereocenters. The molecule has 0 saturated carbocycles. The largest absolute Gasteiger partial charge is 0.497 e. The maximum absolute atomic E-state index is 12.9. The summed E-state index contributed by atoms with van der Waals surface area (Å²) in [5, 5.41) is 6.68. The van der Waals surface area contributed by atoms with Crippen LogP contribution in [0.15, 0.2) is 59.1 Å². The quantitative estimate of drug-likeness (QED) is 0.686. The molecule has 1 aliphatic rings. The topological polar surface area (TPSA) is 97.6 Å². The molecule has 4 rings (SSSR count). The summed E-state index contributed by atoms with van der Waals surface area (Å²) in [6.45, 7) is 1.58. The number of hydrogen-bond donors (Lipinski definition) is 1. The van der Waals surface area contributed by atoms with Crippen molar-refractivity contribution >= 4 is 11.9 Å². The van der Waals surface area contributed by atoms with Gasteiger partial charge in [0.1, 0.15) is 17.8 Å². The molecule has 2 heterocycles. The molecule has 3 aromatic rings. The minimum absolute atomic E-state index is 0.101. The number of rotatable bonds is 5. The highest BCUT2D eigenvalue weighted by Crippen LogP contribution is 2.29. The predicted octanol–water partition coefficient (Wildman–Crippen LogP) is 2.71. The minimum Gasteiger partial charge on any atom is -0.497 e. The van der Waals surface area contributed by atoms with Crippen molar-refractivity contribution in [1.82, 2.24) is 20.4 Å². The lowest BCUT2D eigenvalue weighted by atomic mass is 9.92. The van der Waals surface area contributed by atoms with Crippen LogP contribution in [0.2, 0.25) is 0 Å². The first-order valence-electron chi connectivity index (χ1n) is 8.68. The molecule has 1 fully saturated rings. The van der Waals surface area contributed by atoms with E-state index in [9.17, 15) is 9.59 Å². The number of nitrogens with zero attached hydrogens (tertiary/aromatic N) is 3. The molecule has 8 heteroatoms. The van der Waals surface area contributed by atoms with Gasteiger partial charge in [-0.3, -0.25) is 9.69 Å². The molecule has 2 aromatic carbocycles. The van der Waals surface area contributed by atoms with Crippen LogP contribution >= 0.6 is 0 Å². The lowest BCUT2D eigenvalue weighted by molar-refractivity contribution is -0.131. The van der Waals surface area contributed by atoms with E-state index in [0.717, 1.165) is 10.5 Å². The summed E-state index contributed by atoms with van der Waals surface area (Å²) in [4.78, 5) is 30.7. The molecule has 1 N–H and O–H groups in total. The second kappa shape index (κ2) is 6.80. The Labute approximate surface area is 161 Å². The number of nitrogens with one attached hydrogen (secondary N) is 1. The summed E-state index contributed by atoms with van der Waals surface area (Å²) in [6, 6.07) is 15.8. The normalized spacial score (nSPS) is 19.0. The van der Waals surface area contributed by atoms with Crippen LogP contribution in [0.3, 0.4) is 0 Å². The van der Waals surface area contributed by atoms with Crippen molar-refractivity contribution < 1.29 is 18.8 Å². The molecule has 1 aliphatic heterocycles. The van der Waals surface area contributed by atoms with Gasteiger partial charge in [0, 0.05) is 5.56 Å². The van der Waals surface area contributed by atoms with Crippen molar-refractivity contribution in [3.63, 3.8) is 0 Å². The third kappa shape index (κ3) is 2.98. The van der Waals surface area contributed by atoms with E-state index in [1.54, 1.807) is 50.4 Å². The Bertz CT molecular complexity index is 1020. The van der Waals surface area contributed by atoms with Gasteiger partial charge in [-0.1, -0.05) is 35.5 Å². The lowest BCUT2D eigenvalue weighted by Crippen LogP contribution is -2.40. The van der Waals surface area contributed by atoms with Gasteiger partial charge in [0.2, 0.25) is 11.7 Å². The van der Waals surface area contributed by atoms with Gasteiger partial charge in [0.15, 0.2) is 0 Å². The van der Waals surface area contributed by atoms with Crippen molar-refractivity contribution in [3.05, 3.63) is 66.1 Å². The number of methoxy groups -OCH3 is 1. The van der Waals surface area contributed by atoms with E-state index in [-0.39, 0.29) is 18.3 Å². The average molecular weight is 378 g/mol. The monoisotopic (exact) mass is 378 g/mol. The molecule has 1 aromatic heterocycles. The zero-order chi connectivity index (χ0) is 19.7. The number of urea groups is 1.